The Bertz CT molecular complexity index is 506. The number of allylic oxidation sites excluding steroid dienone is 4. The second-order valence-corrected chi connectivity index (χ2v) is 5.49. The van der Waals surface area contributed by atoms with Crippen molar-refractivity contribution in [2.45, 2.75) is 11.0 Å². The van der Waals surface area contributed by atoms with E-state index in [1.54, 1.807) is 0 Å². The highest BCUT2D eigenvalue weighted by atomic mass is 79.9. The van der Waals surface area contributed by atoms with Gasteiger partial charge in [-0.25, -0.2) is 8.78 Å². The summed E-state index contributed by atoms with van der Waals surface area (Å²) in [4.78, 5) is 0. The van der Waals surface area contributed by atoms with Gasteiger partial charge in [-0.3, -0.25) is 0 Å². The van der Waals surface area contributed by atoms with Gasteiger partial charge in [-0.1, -0.05) is 23.7 Å². The minimum Gasteiger partial charge on any atom is -0.402 e. The van der Waals surface area contributed by atoms with E-state index >= 15 is 0 Å². The van der Waals surface area contributed by atoms with Crippen LogP contribution in [0.25, 0.3) is 5.57 Å². The van der Waals surface area contributed by atoms with Gasteiger partial charge in [0.25, 0.3) is 0 Å². The Balaban J connectivity index is 2.55. The van der Waals surface area contributed by atoms with Crippen LogP contribution in [-0.4, -0.2) is 4.58 Å². The van der Waals surface area contributed by atoms with Gasteiger partial charge in [0, 0.05) is 17.7 Å². The lowest BCUT2D eigenvalue weighted by atomic mass is 9.94. The van der Waals surface area contributed by atoms with E-state index in [2.05, 4.69) is 15.9 Å². The molecule has 1 aromatic carbocycles. The third-order valence-electron chi connectivity index (χ3n) is 2.48. The molecule has 2 N–H and O–H groups in total. The molecule has 0 radical (unpaired) electrons. The molecule has 0 aromatic heterocycles. The van der Waals surface area contributed by atoms with Crippen LogP contribution < -0.4 is 5.73 Å². The molecule has 1 nitrogen and oxygen atoms in total. The smallest absolute Gasteiger partial charge is 0.197 e. The van der Waals surface area contributed by atoms with Crippen LogP contribution in [0.4, 0.5) is 8.78 Å². The molecule has 1 aliphatic carbocycles. The maximum atomic E-state index is 14.4. The second kappa shape index (κ2) is 4.42. The van der Waals surface area contributed by atoms with Gasteiger partial charge in [-0.2, -0.15) is 0 Å². The topological polar surface area (TPSA) is 26.0 Å². The SMILES string of the molecule is NC1=CC(Cl)=C(c2ccc(F)cc2)C(F)(Br)C1. The highest BCUT2D eigenvalue weighted by molar-refractivity contribution is 9.10. The number of halogens is 4. The molecule has 0 saturated carbocycles. The molecule has 1 atom stereocenters. The highest BCUT2D eigenvalue weighted by Gasteiger charge is 2.37. The van der Waals surface area contributed by atoms with Gasteiger partial charge in [0.1, 0.15) is 5.82 Å². The Morgan fingerprint density at radius 3 is 2.41 bits per heavy atom. The lowest BCUT2D eigenvalue weighted by molar-refractivity contribution is 0.372. The summed E-state index contributed by atoms with van der Waals surface area (Å²) >= 11 is 8.97. The molecular formula is C12H9BrClF2N. The molecule has 0 fully saturated rings. The normalized spacial score (nSPS) is 24.8. The molecule has 0 spiro atoms. The van der Waals surface area contributed by atoms with E-state index in [1.807, 2.05) is 0 Å². The van der Waals surface area contributed by atoms with Crippen molar-refractivity contribution in [3.05, 3.63) is 52.5 Å². The summed E-state index contributed by atoms with van der Waals surface area (Å²) in [5.41, 5.74) is 6.74. The van der Waals surface area contributed by atoms with Gasteiger partial charge in [-0.05, 0) is 39.7 Å². The maximum absolute atomic E-state index is 14.4. The summed E-state index contributed by atoms with van der Waals surface area (Å²) < 4.78 is 25.4. The third-order valence-corrected chi connectivity index (χ3v) is 3.45. The van der Waals surface area contributed by atoms with Crippen LogP contribution in [0.3, 0.4) is 0 Å². The molecule has 17 heavy (non-hydrogen) atoms. The summed E-state index contributed by atoms with van der Waals surface area (Å²) in [6.45, 7) is 0. The summed E-state index contributed by atoms with van der Waals surface area (Å²) in [6.07, 6.45) is 1.52. The molecule has 0 aliphatic heterocycles. The summed E-state index contributed by atoms with van der Waals surface area (Å²) in [6, 6.07) is 5.49. The van der Waals surface area contributed by atoms with Gasteiger partial charge in [0.15, 0.2) is 4.58 Å². The van der Waals surface area contributed by atoms with E-state index in [0.717, 1.165) is 0 Å². The van der Waals surface area contributed by atoms with Crippen molar-refractivity contribution in [3.63, 3.8) is 0 Å². The van der Waals surface area contributed by atoms with Crippen molar-refractivity contribution < 1.29 is 8.78 Å². The van der Waals surface area contributed by atoms with Crippen molar-refractivity contribution in [2.75, 3.05) is 0 Å². The Morgan fingerprint density at radius 2 is 1.88 bits per heavy atom. The van der Waals surface area contributed by atoms with E-state index in [9.17, 15) is 8.78 Å². The third kappa shape index (κ3) is 2.53. The predicted molar refractivity (Wildman–Crippen MR) is 68.8 cm³/mol. The molecule has 5 heteroatoms. The molecule has 0 heterocycles. The molecule has 1 aromatic rings. The zero-order chi connectivity index (χ0) is 12.6. The number of hydrogen-bond donors (Lipinski definition) is 1. The van der Waals surface area contributed by atoms with E-state index < -0.39 is 4.58 Å². The maximum Gasteiger partial charge on any atom is 0.197 e. The van der Waals surface area contributed by atoms with E-state index in [4.69, 9.17) is 17.3 Å². The number of alkyl halides is 2. The second-order valence-electron chi connectivity index (χ2n) is 3.83. The first-order valence-corrected chi connectivity index (χ1v) is 6.07. The lowest BCUT2D eigenvalue weighted by Gasteiger charge is -2.27. The van der Waals surface area contributed by atoms with Crippen molar-refractivity contribution in [2.24, 2.45) is 5.73 Å². The van der Waals surface area contributed by atoms with Gasteiger partial charge >= 0.3 is 0 Å². The number of rotatable bonds is 1. The predicted octanol–water partition coefficient (Wildman–Crippen LogP) is 4.08. The molecule has 2 rings (SSSR count). The quantitative estimate of drug-likeness (QED) is 0.775. The standard InChI is InChI=1S/C12H9BrClF2N/c13-12(16)6-9(17)5-10(14)11(12)7-1-3-8(15)4-2-7/h1-5H,6,17H2. The zero-order valence-electron chi connectivity index (χ0n) is 8.68. The van der Waals surface area contributed by atoms with Gasteiger partial charge < -0.3 is 5.73 Å². The number of nitrogens with two attached hydrogens (primary N) is 1. The van der Waals surface area contributed by atoms with Crippen LogP contribution in [0.2, 0.25) is 0 Å². The fourth-order valence-corrected chi connectivity index (χ4v) is 3.05. The number of hydrogen-bond acceptors (Lipinski definition) is 1. The van der Waals surface area contributed by atoms with Crippen LogP contribution >= 0.6 is 27.5 Å². The van der Waals surface area contributed by atoms with Crippen molar-refractivity contribution in [1.82, 2.24) is 0 Å². The van der Waals surface area contributed by atoms with E-state index in [1.165, 1.54) is 30.3 Å². The first kappa shape index (κ1) is 12.6. The van der Waals surface area contributed by atoms with Crippen molar-refractivity contribution >= 4 is 33.1 Å². The Morgan fingerprint density at radius 1 is 1.29 bits per heavy atom. The van der Waals surface area contributed by atoms with Gasteiger partial charge in [-0.15, -0.1) is 0 Å². The fraction of sp³-hybridized carbons (Fsp3) is 0.167. The average Bonchev–Trinajstić information content (AvgIpc) is 2.18. The van der Waals surface area contributed by atoms with Gasteiger partial charge in [0.05, 0.1) is 5.03 Å². The fourth-order valence-electron chi connectivity index (χ4n) is 1.77. The molecule has 0 saturated heterocycles. The Labute approximate surface area is 111 Å². The zero-order valence-corrected chi connectivity index (χ0v) is 11.0. The first-order valence-electron chi connectivity index (χ1n) is 4.90. The summed E-state index contributed by atoms with van der Waals surface area (Å²) in [5, 5.41) is 0.222. The van der Waals surface area contributed by atoms with Crippen molar-refractivity contribution in [3.8, 4) is 0 Å². The minimum absolute atomic E-state index is 0.00985. The average molecular weight is 321 g/mol. The van der Waals surface area contributed by atoms with Gasteiger partial charge in [0.2, 0.25) is 0 Å². The highest BCUT2D eigenvalue weighted by Crippen LogP contribution is 2.46. The largest absolute Gasteiger partial charge is 0.402 e. The lowest BCUT2D eigenvalue weighted by Crippen LogP contribution is -2.23. The molecule has 90 valence electrons. The monoisotopic (exact) mass is 319 g/mol. The van der Waals surface area contributed by atoms with Crippen molar-refractivity contribution in [1.29, 1.82) is 0 Å². The number of benzene rings is 1. The van der Waals surface area contributed by atoms with Crippen LogP contribution in [0.15, 0.2) is 41.1 Å². The Kier molecular flexibility index (Phi) is 3.27. The molecule has 1 unspecified atom stereocenters. The minimum atomic E-state index is -1.82. The van der Waals surface area contributed by atoms with Crippen LogP contribution in [-0.2, 0) is 0 Å². The van der Waals surface area contributed by atoms with E-state index in [0.29, 0.717) is 11.3 Å². The van der Waals surface area contributed by atoms with Crippen LogP contribution in [0, 0.1) is 5.82 Å². The molecule has 1 aliphatic rings. The summed E-state index contributed by atoms with van der Waals surface area (Å²) in [5.74, 6) is -0.379. The van der Waals surface area contributed by atoms with Crippen LogP contribution in [0.5, 0.6) is 0 Å². The first-order chi connectivity index (χ1) is 7.90. The molecule has 0 amide bonds. The Hall–Kier alpha value is -0.870. The summed E-state index contributed by atoms with van der Waals surface area (Å²) in [7, 11) is 0. The van der Waals surface area contributed by atoms with Crippen LogP contribution in [0.1, 0.15) is 12.0 Å². The molecular weight excluding hydrogens is 311 g/mol. The molecule has 0 bridgehead atoms. The van der Waals surface area contributed by atoms with E-state index in [-0.39, 0.29) is 22.8 Å².